The van der Waals surface area contributed by atoms with E-state index in [1.165, 1.54) is 30.7 Å². The predicted molar refractivity (Wildman–Crippen MR) is 197 cm³/mol. The molecule has 0 spiro atoms. The zero-order chi connectivity index (χ0) is 39.8. The lowest BCUT2D eigenvalue weighted by Gasteiger charge is -2.24. The van der Waals surface area contributed by atoms with E-state index in [0.29, 0.717) is 22.7 Å². The second-order valence-electron chi connectivity index (χ2n) is 13.8. The fraction of sp³-hybridized carbons (Fsp3) is 0.297. The van der Waals surface area contributed by atoms with E-state index in [0.717, 1.165) is 23.1 Å². The van der Waals surface area contributed by atoms with E-state index in [1.54, 1.807) is 19.2 Å². The SMILES string of the molecule is Cn1nc(NS(C)(=O)=O)c2c(Cl)ccc(-c3ccc(C#CC(C)(C)O)nc3C(Cc3cc(F)cc(F)c3)NC(=O)Cn3nc(Cl)c4c3C(F)(F)[C@@H]3C#C[C@H]43)c21. The number of nitrogens with one attached hydrogen (secondary N) is 2. The molecule has 0 bridgehead atoms. The Bertz CT molecular complexity index is 2670. The second-order valence-corrected chi connectivity index (χ2v) is 16.3. The number of alkyl halides is 2. The highest BCUT2D eigenvalue weighted by molar-refractivity contribution is 7.92. The minimum absolute atomic E-state index is 0.0599. The monoisotopic (exact) mass is 813 g/mol. The summed E-state index contributed by atoms with van der Waals surface area (Å²) < 4.78 is 89.0. The van der Waals surface area contributed by atoms with Crippen LogP contribution < -0.4 is 10.0 Å². The molecule has 0 fully saturated rings. The Balaban J connectivity index is 1.38. The van der Waals surface area contributed by atoms with Crippen molar-refractivity contribution in [1.29, 1.82) is 0 Å². The summed E-state index contributed by atoms with van der Waals surface area (Å²) in [5.41, 5.74) is -0.490. The lowest BCUT2D eigenvalue weighted by atomic mass is 9.85. The third kappa shape index (κ3) is 7.35. The third-order valence-electron chi connectivity index (χ3n) is 8.94. The smallest absolute Gasteiger partial charge is 0.304 e. The van der Waals surface area contributed by atoms with Crippen molar-refractivity contribution in [1.82, 2.24) is 29.9 Å². The van der Waals surface area contributed by atoms with Gasteiger partial charge in [-0.1, -0.05) is 47.0 Å². The number of pyridine rings is 1. The lowest BCUT2D eigenvalue weighted by Crippen LogP contribution is -2.35. The van der Waals surface area contributed by atoms with Gasteiger partial charge in [0.15, 0.2) is 11.0 Å². The van der Waals surface area contributed by atoms with Crippen molar-refractivity contribution >= 4 is 55.9 Å². The van der Waals surface area contributed by atoms with E-state index in [1.807, 2.05) is 0 Å². The molecule has 18 heteroatoms. The molecule has 11 nitrogen and oxygen atoms in total. The summed E-state index contributed by atoms with van der Waals surface area (Å²) in [4.78, 5) is 18.7. The Hall–Kier alpha value is -5.13. The summed E-state index contributed by atoms with van der Waals surface area (Å²) in [6.45, 7) is 2.20. The molecule has 0 saturated heterocycles. The summed E-state index contributed by atoms with van der Waals surface area (Å²) in [5.74, 6) is 2.40. The Morgan fingerprint density at radius 3 is 2.42 bits per heavy atom. The van der Waals surface area contributed by atoms with Gasteiger partial charge in [-0.15, -0.1) is 0 Å². The summed E-state index contributed by atoms with van der Waals surface area (Å²) in [6, 6.07) is 7.88. The van der Waals surface area contributed by atoms with Crippen LogP contribution in [0.15, 0.2) is 42.5 Å². The molecule has 3 heterocycles. The van der Waals surface area contributed by atoms with Gasteiger partial charge in [0.25, 0.3) is 0 Å². The first-order valence-electron chi connectivity index (χ1n) is 16.5. The van der Waals surface area contributed by atoms with Gasteiger partial charge in [-0.05, 0) is 62.1 Å². The molecule has 55 heavy (non-hydrogen) atoms. The number of halogens is 6. The average molecular weight is 815 g/mol. The van der Waals surface area contributed by atoms with Gasteiger partial charge in [0.1, 0.15) is 41.1 Å². The molecule has 0 radical (unpaired) electrons. The van der Waals surface area contributed by atoms with Crippen LogP contribution in [0, 0.1) is 41.2 Å². The van der Waals surface area contributed by atoms with Crippen LogP contribution in [-0.2, 0) is 40.8 Å². The number of aliphatic hydroxyl groups is 1. The molecule has 284 valence electrons. The number of fused-ring (bicyclic) bond motifs is 4. The number of nitrogens with zero attached hydrogens (tertiary/aromatic N) is 5. The van der Waals surface area contributed by atoms with E-state index in [4.69, 9.17) is 28.2 Å². The van der Waals surface area contributed by atoms with Gasteiger partial charge in [0.2, 0.25) is 15.9 Å². The topological polar surface area (TPSA) is 144 Å². The predicted octanol–water partition coefficient (Wildman–Crippen LogP) is 5.83. The molecule has 3 N–H and O–H groups in total. The Labute approximate surface area is 322 Å². The van der Waals surface area contributed by atoms with Crippen molar-refractivity contribution in [2.45, 2.75) is 50.3 Å². The fourth-order valence-corrected chi connectivity index (χ4v) is 7.81. The molecular formula is C37H29Cl2F4N7O4S. The maximum Gasteiger partial charge on any atom is 0.304 e. The largest absolute Gasteiger partial charge is 0.378 e. The van der Waals surface area contributed by atoms with Crippen molar-refractivity contribution in [3.63, 3.8) is 0 Å². The molecule has 3 atom stereocenters. The van der Waals surface area contributed by atoms with Gasteiger partial charge in [-0.3, -0.25) is 18.9 Å². The zero-order valence-electron chi connectivity index (χ0n) is 29.3. The summed E-state index contributed by atoms with van der Waals surface area (Å²) in [5, 5.41) is 21.7. The number of amides is 1. The lowest BCUT2D eigenvalue weighted by molar-refractivity contribution is -0.123. The normalized spacial score (nSPS) is 17.3. The number of benzene rings is 2. The number of carbonyl (C=O) groups excluding carboxylic acids is 1. The fourth-order valence-electron chi connectivity index (χ4n) is 6.78. The van der Waals surface area contributed by atoms with Crippen LogP contribution in [0.3, 0.4) is 0 Å². The minimum Gasteiger partial charge on any atom is -0.378 e. The number of rotatable bonds is 9. The standard InChI is InChI=1S/C37H29Cl2F4N7O4S/c1-36(2,52)12-11-21-5-6-22(23-8-10-26(38)30-32(23)49(3)47-35(30)48-55(4,53)54)31(44-21)27(15-18-13-19(40)16-20(41)14-18)45-28(51)17-50-33-29(34(39)46-50)24-7-9-25(24)37(33,42)43/h5-6,8,10,13-14,16,24-25,27,52H,15,17H2,1-4H3,(H,45,51)(H,47,48)/t24-,25+,27?/m0/s1. The van der Waals surface area contributed by atoms with Crippen molar-refractivity contribution in [2.24, 2.45) is 13.0 Å². The highest BCUT2D eigenvalue weighted by Gasteiger charge is 2.60. The van der Waals surface area contributed by atoms with Crippen molar-refractivity contribution < 1.29 is 35.9 Å². The molecule has 5 aromatic rings. The molecule has 7 rings (SSSR count). The summed E-state index contributed by atoms with van der Waals surface area (Å²) in [6.07, 6.45) is 0.686. The number of hydrogen-bond acceptors (Lipinski definition) is 7. The first-order chi connectivity index (χ1) is 25.7. The van der Waals surface area contributed by atoms with E-state index in [9.17, 15) is 27.1 Å². The summed E-state index contributed by atoms with van der Waals surface area (Å²) in [7, 11) is -2.24. The van der Waals surface area contributed by atoms with Crippen LogP contribution in [-0.4, -0.2) is 55.8 Å². The number of aryl methyl sites for hydroxylation is 1. The Morgan fingerprint density at radius 2 is 1.78 bits per heavy atom. The maximum absolute atomic E-state index is 15.5. The van der Waals surface area contributed by atoms with Crippen LogP contribution in [0.4, 0.5) is 23.4 Å². The second kappa shape index (κ2) is 13.6. The molecule has 1 amide bonds. The van der Waals surface area contributed by atoms with Crippen LogP contribution in [0.1, 0.15) is 54.0 Å². The highest BCUT2D eigenvalue weighted by atomic mass is 35.5. The van der Waals surface area contributed by atoms with Crippen LogP contribution in [0.5, 0.6) is 0 Å². The highest BCUT2D eigenvalue weighted by Crippen LogP contribution is 2.57. The van der Waals surface area contributed by atoms with Crippen molar-refractivity contribution in [3.05, 3.63) is 92.5 Å². The van der Waals surface area contributed by atoms with Gasteiger partial charge < -0.3 is 10.4 Å². The van der Waals surface area contributed by atoms with Crippen LogP contribution in [0.2, 0.25) is 10.2 Å². The quantitative estimate of drug-likeness (QED) is 0.126. The Kier molecular flexibility index (Phi) is 9.41. The molecule has 2 aliphatic rings. The Morgan fingerprint density at radius 1 is 1.09 bits per heavy atom. The van der Waals surface area contributed by atoms with Gasteiger partial charge in [0.05, 0.1) is 39.8 Å². The molecular weight excluding hydrogens is 785 g/mol. The van der Waals surface area contributed by atoms with Crippen molar-refractivity contribution in [2.75, 3.05) is 11.0 Å². The molecule has 0 aliphatic heterocycles. The maximum atomic E-state index is 15.5. The number of aromatic nitrogens is 5. The average Bonchev–Trinajstić information content (AvgIpc) is 3.58. The third-order valence-corrected chi connectivity index (χ3v) is 10.1. The van der Waals surface area contributed by atoms with Gasteiger partial charge >= 0.3 is 5.92 Å². The van der Waals surface area contributed by atoms with E-state index < -0.39 is 69.2 Å². The van der Waals surface area contributed by atoms with Gasteiger partial charge in [0, 0.05) is 29.8 Å². The molecule has 1 unspecified atom stereocenters. The van der Waals surface area contributed by atoms with E-state index in [-0.39, 0.29) is 50.3 Å². The number of hydrogen-bond donors (Lipinski definition) is 3. The van der Waals surface area contributed by atoms with Crippen molar-refractivity contribution in [3.8, 4) is 34.8 Å². The van der Waals surface area contributed by atoms with Gasteiger partial charge in [-0.2, -0.15) is 19.0 Å². The zero-order valence-corrected chi connectivity index (χ0v) is 31.6. The first-order valence-corrected chi connectivity index (χ1v) is 19.1. The van der Waals surface area contributed by atoms with E-state index >= 15 is 8.78 Å². The van der Waals surface area contributed by atoms with Gasteiger partial charge in [-0.25, -0.2) is 22.2 Å². The van der Waals surface area contributed by atoms with Crippen LogP contribution in [0.25, 0.3) is 22.0 Å². The molecule has 2 aliphatic carbocycles. The van der Waals surface area contributed by atoms with E-state index in [2.05, 4.69) is 43.9 Å². The molecule has 3 aromatic heterocycles. The first kappa shape index (κ1) is 38.2. The summed E-state index contributed by atoms with van der Waals surface area (Å²) >= 11 is 12.9. The van der Waals surface area contributed by atoms with Crippen LogP contribution >= 0.6 is 23.2 Å². The number of anilines is 1. The minimum atomic E-state index is -3.80. The number of carbonyl (C=O) groups is 1. The number of sulfonamides is 1. The molecule has 2 aromatic carbocycles. The molecule has 0 saturated carbocycles.